The standard InChI is InChI=1S/C19H15F2N3O3S/c20-16-7-2-1-6-15(16)19(25)24-18-9-8-14(11-17(18)21)28(26,27)23-12-13-5-3-4-10-22-13/h1-11,23H,12H2,(H,24,25). The van der Waals surface area contributed by atoms with Gasteiger partial charge in [-0.2, -0.15) is 0 Å². The summed E-state index contributed by atoms with van der Waals surface area (Å²) in [6.07, 6.45) is 1.52. The Morgan fingerprint density at radius 2 is 1.71 bits per heavy atom. The summed E-state index contributed by atoms with van der Waals surface area (Å²) >= 11 is 0. The van der Waals surface area contributed by atoms with Crippen LogP contribution in [-0.2, 0) is 16.6 Å². The first kappa shape index (κ1) is 19.6. The molecule has 9 heteroatoms. The molecule has 0 fully saturated rings. The number of carbonyl (C=O) groups is 1. The number of hydrogen-bond acceptors (Lipinski definition) is 4. The molecule has 0 bridgehead atoms. The van der Waals surface area contributed by atoms with Crippen LogP contribution in [0.4, 0.5) is 14.5 Å². The van der Waals surface area contributed by atoms with Gasteiger partial charge < -0.3 is 5.32 Å². The molecule has 0 aliphatic rings. The minimum atomic E-state index is -3.99. The maximum atomic E-state index is 14.3. The molecule has 2 N–H and O–H groups in total. The average Bonchev–Trinajstić information content (AvgIpc) is 2.69. The smallest absolute Gasteiger partial charge is 0.258 e. The molecule has 0 spiro atoms. The normalized spacial score (nSPS) is 11.2. The Kier molecular flexibility index (Phi) is 5.76. The van der Waals surface area contributed by atoms with E-state index in [0.29, 0.717) is 5.69 Å². The van der Waals surface area contributed by atoms with E-state index in [1.807, 2.05) is 0 Å². The van der Waals surface area contributed by atoms with Crippen molar-refractivity contribution in [1.29, 1.82) is 0 Å². The molecule has 6 nitrogen and oxygen atoms in total. The fourth-order valence-corrected chi connectivity index (χ4v) is 3.36. The lowest BCUT2D eigenvalue weighted by Crippen LogP contribution is -2.24. The molecule has 0 aliphatic heterocycles. The third-order valence-corrected chi connectivity index (χ3v) is 5.19. The van der Waals surface area contributed by atoms with E-state index < -0.39 is 27.6 Å². The van der Waals surface area contributed by atoms with E-state index in [9.17, 15) is 22.0 Å². The third-order valence-electron chi connectivity index (χ3n) is 3.79. The second kappa shape index (κ2) is 8.24. The highest BCUT2D eigenvalue weighted by atomic mass is 32.2. The molecule has 144 valence electrons. The first-order valence-electron chi connectivity index (χ1n) is 8.12. The van der Waals surface area contributed by atoms with Gasteiger partial charge in [0.05, 0.1) is 28.4 Å². The lowest BCUT2D eigenvalue weighted by molar-refractivity contribution is 0.102. The van der Waals surface area contributed by atoms with Crippen LogP contribution in [0.3, 0.4) is 0 Å². The van der Waals surface area contributed by atoms with Gasteiger partial charge in [-0.25, -0.2) is 21.9 Å². The molecule has 1 aromatic heterocycles. The van der Waals surface area contributed by atoms with Gasteiger partial charge in [0.15, 0.2) is 0 Å². The summed E-state index contributed by atoms with van der Waals surface area (Å²) in [6, 6.07) is 13.3. The minimum Gasteiger partial charge on any atom is -0.319 e. The molecule has 0 atom stereocenters. The molecule has 1 amide bonds. The molecule has 2 aromatic carbocycles. The van der Waals surface area contributed by atoms with Crippen LogP contribution in [0.1, 0.15) is 16.1 Å². The van der Waals surface area contributed by atoms with Gasteiger partial charge in [0, 0.05) is 6.20 Å². The quantitative estimate of drug-likeness (QED) is 0.662. The molecular formula is C19H15F2N3O3S. The lowest BCUT2D eigenvalue weighted by Gasteiger charge is -2.10. The predicted octanol–water partition coefficient (Wildman–Crippen LogP) is 3.09. The van der Waals surface area contributed by atoms with Gasteiger partial charge in [-0.3, -0.25) is 9.78 Å². The van der Waals surface area contributed by atoms with Crippen molar-refractivity contribution in [3.8, 4) is 0 Å². The number of pyridine rings is 1. The zero-order valence-corrected chi connectivity index (χ0v) is 15.2. The monoisotopic (exact) mass is 403 g/mol. The molecule has 3 aromatic rings. The maximum absolute atomic E-state index is 14.3. The summed E-state index contributed by atoms with van der Waals surface area (Å²) in [7, 11) is -3.99. The van der Waals surface area contributed by atoms with Gasteiger partial charge >= 0.3 is 0 Å². The van der Waals surface area contributed by atoms with Crippen molar-refractivity contribution in [3.05, 3.63) is 89.8 Å². The van der Waals surface area contributed by atoms with Crippen LogP contribution >= 0.6 is 0 Å². The number of nitrogens with one attached hydrogen (secondary N) is 2. The van der Waals surface area contributed by atoms with Crippen LogP contribution < -0.4 is 10.0 Å². The molecule has 0 saturated heterocycles. The number of sulfonamides is 1. The molecule has 0 radical (unpaired) electrons. The number of nitrogens with zero attached hydrogens (tertiary/aromatic N) is 1. The van der Waals surface area contributed by atoms with Crippen molar-refractivity contribution in [2.45, 2.75) is 11.4 Å². The maximum Gasteiger partial charge on any atom is 0.258 e. The van der Waals surface area contributed by atoms with E-state index in [1.165, 1.54) is 24.4 Å². The number of rotatable bonds is 6. The third kappa shape index (κ3) is 4.56. The summed E-state index contributed by atoms with van der Waals surface area (Å²) in [4.78, 5) is 15.8. The highest BCUT2D eigenvalue weighted by Crippen LogP contribution is 2.20. The summed E-state index contributed by atoms with van der Waals surface area (Å²) in [5.41, 5.74) is -0.0205. The Labute approximate surface area is 160 Å². The van der Waals surface area contributed by atoms with Crippen LogP contribution in [0.2, 0.25) is 0 Å². The number of anilines is 1. The molecule has 0 aliphatic carbocycles. The van der Waals surface area contributed by atoms with Gasteiger partial charge in [-0.05, 0) is 42.5 Å². The summed E-state index contributed by atoms with van der Waals surface area (Å²) in [5.74, 6) is -2.57. The predicted molar refractivity (Wildman–Crippen MR) is 99.0 cm³/mol. The van der Waals surface area contributed by atoms with E-state index in [0.717, 1.165) is 24.3 Å². The molecular weight excluding hydrogens is 388 g/mol. The largest absolute Gasteiger partial charge is 0.319 e. The SMILES string of the molecule is O=C(Nc1ccc(S(=O)(=O)NCc2ccccn2)cc1F)c1ccccc1F. The lowest BCUT2D eigenvalue weighted by atomic mass is 10.2. The van der Waals surface area contributed by atoms with Crippen LogP contribution in [-0.4, -0.2) is 19.3 Å². The Morgan fingerprint density at radius 1 is 0.964 bits per heavy atom. The fraction of sp³-hybridized carbons (Fsp3) is 0.0526. The molecule has 3 rings (SSSR count). The van der Waals surface area contributed by atoms with Gasteiger partial charge in [-0.15, -0.1) is 0 Å². The van der Waals surface area contributed by atoms with Crippen molar-refractivity contribution in [1.82, 2.24) is 9.71 Å². The van der Waals surface area contributed by atoms with E-state index >= 15 is 0 Å². The van der Waals surface area contributed by atoms with Crippen LogP contribution in [0, 0.1) is 11.6 Å². The van der Waals surface area contributed by atoms with Crippen LogP contribution in [0.15, 0.2) is 71.8 Å². The zero-order chi connectivity index (χ0) is 20.1. The Morgan fingerprint density at radius 3 is 2.39 bits per heavy atom. The van der Waals surface area contributed by atoms with Crippen LogP contribution in [0.5, 0.6) is 0 Å². The van der Waals surface area contributed by atoms with Crippen molar-refractivity contribution in [3.63, 3.8) is 0 Å². The van der Waals surface area contributed by atoms with Crippen molar-refractivity contribution >= 4 is 21.6 Å². The second-order valence-electron chi connectivity index (χ2n) is 5.72. The van der Waals surface area contributed by atoms with Gasteiger partial charge in [-0.1, -0.05) is 18.2 Å². The van der Waals surface area contributed by atoms with E-state index in [-0.39, 0.29) is 22.7 Å². The molecule has 0 unspecified atom stereocenters. The highest BCUT2D eigenvalue weighted by molar-refractivity contribution is 7.89. The summed E-state index contributed by atoms with van der Waals surface area (Å²) < 4.78 is 54.9. The number of amides is 1. The Balaban J connectivity index is 1.74. The number of aromatic nitrogens is 1. The van der Waals surface area contributed by atoms with Crippen molar-refractivity contribution < 1.29 is 22.0 Å². The summed E-state index contributed by atoms with van der Waals surface area (Å²) in [5, 5.41) is 2.22. The Bertz CT molecular complexity index is 1110. The molecule has 0 saturated carbocycles. The van der Waals surface area contributed by atoms with Crippen molar-refractivity contribution in [2.75, 3.05) is 5.32 Å². The number of hydrogen-bond donors (Lipinski definition) is 2. The van der Waals surface area contributed by atoms with E-state index in [2.05, 4.69) is 15.0 Å². The minimum absolute atomic E-state index is 0.0590. The number of halogens is 2. The number of carbonyl (C=O) groups excluding carboxylic acids is 1. The number of benzene rings is 2. The molecule has 28 heavy (non-hydrogen) atoms. The van der Waals surface area contributed by atoms with E-state index in [4.69, 9.17) is 0 Å². The highest BCUT2D eigenvalue weighted by Gasteiger charge is 2.18. The van der Waals surface area contributed by atoms with Gasteiger partial charge in [0.1, 0.15) is 11.6 Å². The average molecular weight is 403 g/mol. The van der Waals surface area contributed by atoms with Crippen LogP contribution in [0.25, 0.3) is 0 Å². The van der Waals surface area contributed by atoms with Gasteiger partial charge in [0.2, 0.25) is 10.0 Å². The summed E-state index contributed by atoms with van der Waals surface area (Å²) in [6.45, 7) is -0.0590. The zero-order valence-electron chi connectivity index (χ0n) is 14.4. The van der Waals surface area contributed by atoms with E-state index in [1.54, 1.807) is 18.2 Å². The van der Waals surface area contributed by atoms with Gasteiger partial charge in [0.25, 0.3) is 5.91 Å². The molecule has 1 heterocycles. The second-order valence-corrected chi connectivity index (χ2v) is 7.49. The Hall–Kier alpha value is -3.17. The fourth-order valence-electron chi connectivity index (χ4n) is 2.35. The first-order chi connectivity index (χ1) is 13.4. The first-order valence-corrected chi connectivity index (χ1v) is 9.60. The topological polar surface area (TPSA) is 88.2 Å². The van der Waals surface area contributed by atoms with Crippen molar-refractivity contribution in [2.24, 2.45) is 0 Å².